The van der Waals surface area contributed by atoms with E-state index in [0.29, 0.717) is 41.6 Å². The van der Waals surface area contributed by atoms with Gasteiger partial charge in [0, 0.05) is 19.3 Å². The van der Waals surface area contributed by atoms with Gasteiger partial charge in [-0.05, 0) is 51.8 Å². The van der Waals surface area contributed by atoms with E-state index >= 15 is 0 Å². The molecule has 1 fully saturated rings. The number of carbonyl (C=O) groups excluding carboxylic acids is 1. The summed E-state index contributed by atoms with van der Waals surface area (Å²) in [4.78, 5) is 18.8. The van der Waals surface area contributed by atoms with Crippen molar-refractivity contribution in [2.45, 2.75) is 45.3 Å². The van der Waals surface area contributed by atoms with Crippen LogP contribution in [0.25, 0.3) is 17.1 Å². The molecule has 1 aliphatic rings. The van der Waals surface area contributed by atoms with Crippen LogP contribution in [0.5, 0.6) is 0 Å². The number of furan rings is 1. The topological polar surface area (TPSA) is 109 Å². The largest absolute Gasteiger partial charge is 0.463 e. The van der Waals surface area contributed by atoms with Gasteiger partial charge in [0.25, 0.3) is 0 Å². The number of ether oxygens (including phenoxy) is 1. The molecule has 0 aromatic carbocycles. The predicted octanol–water partition coefficient (Wildman–Crippen LogP) is 3.67. The summed E-state index contributed by atoms with van der Waals surface area (Å²) in [7, 11) is 0. The number of hydrogen-bond donors (Lipinski definition) is 1. The third-order valence-electron chi connectivity index (χ3n) is 4.88. The zero-order chi connectivity index (χ0) is 21.3. The van der Waals surface area contributed by atoms with E-state index in [1.165, 1.54) is 0 Å². The summed E-state index contributed by atoms with van der Waals surface area (Å²) in [5.74, 6) is 1.13. The normalized spacial score (nSPS) is 16.6. The molecule has 9 nitrogen and oxygen atoms in total. The Kier molecular flexibility index (Phi) is 5.08. The number of nitrogens with zero attached hydrogens (tertiary/aromatic N) is 5. The molecule has 1 atom stereocenters. The molecule has 0 saturated carbocycles. The second-order valence-corrected chi connectivity index (χ2v) is 8.24. The van der Waals surface area contributed by atoms with Crippen LogP contribution in [0, 0.1) is 11.3 Å². The first-order chi connectivity index (χ1) is 14.4. The van der Waals surface area contributed by atoms with Crippen molar-refractivity contribution in [2.75, 3.05) is 18.4 Å². The summed E-state index contributed by atoms with van der Waals surface area (Å²) >= 11 is 0. The Balaban J connectivity index is 1.50. The van der Waals surface area contributed by atoms with Crippen LogP contribution in [0.15, 0.2) is 35.1 Å². The molecule has 1 saturated heterocycles. The zero-order valence-electron chi connectivity index (χ0n) is 17.3. The standard InChI is InChI=1S/C21H24N6O3/c1-21(2,3)30-20(28)26-9-4-6-14(26)13-23-17-8-10-27-19(24-17)15(12-22)18(25-27)16-7-5-11-29-16/h5,7-8,10-11,14H,4,6,9,13H2,1-3H3,(H,23,24)/t14-/m0/s1. The molecule has 0 unspecified atom stereocenters. The fourth-order valence-corrected chi connectivity index (χ4v) is 3.55. The summed E-state index contributed by atoms with van der Waals surface area (Å²) in [5, 5.41) is 17.3. The molecule has 4 rings (SSSR count). The minimum Gasteiger partial charge on any atom is -0.463 e. The lowest BCUT2D eigenvalue weighted by atomic mass is 10.2. The van der Waals surface area contributed by atoms with Gasteiger partial charge in [0.05, 0.1) is 12.3 Å². The van der Waals surface area contributed by atoms with Gasteiger partial charge in [-0.25, -0.2) is 14.3 Å². The number of likely N-dealkylation sites (tertiary alicyclic amines) is 1. The van der Waals surface area contributed by atoms with Gasteiger partial charge in [0.15, 0.2) is 11.4 Å². The van der Waals surface area contributed by atoms with Gasteiger partial charge < -0.3 is 19.4 Å². The number of rotatable bonds is 4. The van der Waals surface area contributed by atoms with E-state index in [0.717, 1.165) is 12.8 Å². The number of nitriles is 1. The van der Waals surface area contributed by atoms with E-state index in [1.54, 1.807) is 40.1 Å². The fourth-order valence-electron chi connectivity index (χ4n) is 3.55. The zero-order valence-corrected chi connectivity index (χ0v) is 17.3. The number of amides is 1. The van der Waals surface area contributed by atoms with Crippen molar-refractivity contribution >= 4 is 17.6 Å². The number of nitrogens with one attached hydrogen (secondary N) is 1. The molecule has 30 heavy (non-hydrogen) atoms. The van der Waals surface area contributed by atoms with Crippen LogP contribution in [0.3, 0.4) is 0 Å². The maximum absolute atomic E-state index is 12.5. The second-order valence-electron chi connectivity index (χ2n) is 8.24. The second kappa shape index (κ2) is 7.71. The van der Waals surface area contributed by atoms with Gasteiger partial charge in [-0.1, -0.05) is 0 Å². The molecule has 0 radical (unpaired) electrons. The highest BCUT2D eigenvalue weighted by molar-refractivity contribution is 5.73. The fraction of sp³-hybridized carbons (Fsp3) is 0.429. The van der Waals surface area contributed by atoms with Crippen molar-refractivity contribution in [2.24, 2.45) is 0 Å². The summed E-state index contributed by atoms with van der Waals surface area (Å²) in [6.45, 7) is 6.82. The van der Waals surface area contributed by atoms with Crippen molar-refractivity contribution < 1.29 is 13.9 Å². The molecule has 1 aliphatic heterocycles. The maximum Gasteiger partial charge on any atom is 0.410 e. The minimum absolute atomic E-state index is 0.0249. The Morgan fingerprint density at radius 1 is 1.43 bits per heavy atom. The van der Waals surface area contributed by atoms with Crippen LogP contribution in [0.4, 0.5) is 10.6 Å². The van der Waals surface area contributed by atoms with Gasteiger partial charge >= 0.3 is 6.09 Å². The molecule has 3 aromatic rings. The molecule has 1 amide bonds. The lowest BCUT2D eigenvalue weighted by Gasteiger charge is -2.28. The summed E-state index contributed by atoms with van der Waals surface area (Å²) in [6, 6.07) is 7.49. The molecule has 4 heterocycles. The summed E-state index contributed by atoms with van der Waals surface area (Å²) in [6.07, 6.45) is 4.83. The molecule has 0 spiro atoms. The first-order valence-corrected chi connectivity index (χ1v) is 9.92. The molecule has 0 bridgehead atoms. The van der Waals surface area contributed by atoms with Crippen LogP contribution >= 0.6 is 0 Å². The molecule has 0 aliphatic carbocycles. The van der Waals surface area contributed by atoms with E-state index in [1.807, 2.05) is 20.8 Å². The van der Waals surface area contributed by atoms with Gasteiger partial charge in [0.2, 0.25) is 0 Å². The molecule has 1 N–H and O–H groups in total. The highest BCUT2D eigenvalue weighted by Crippen LogP contribution is 2.26. The maximum atomic E-state index is 12.5. The number of fused-ring (bicyclic) bond motifs is 1. The van der Waals surface area contributed by atoms with E-state index in [4.69, 9.17) is 9.15 Å². The van der Waals surface area contributed by atoms with Crippen LogP contribution in [-0.4, -0.2) is 50.3 Å². The van der Waals surface area contributed by atoms with Crippen molar-refractivity contribution in [1.29, 1.82) is 5.26 Å². The lowest BCUT2D eigenvalue weighted by molar-refractivity contribution is 0.0235. The quantitative estimate of drug-likeness (QED) is 0.701. The Morgan fingerprint density at radius 2 is 2.27 bits per heavy atom. The predicted molar refractivity (Wildman–Crippen MR) is 110 cm³/mol. The lowest BCUT2D eigenvalue weighted by Crippen LogP contribution is -2.42. The molecule has 3 aromatic heterocycles. The first-order valence-electron chi connectivity index (χ1n) is 9.92. The van der Waals surface area contributed by atoms with E-state index in [-0.39, 0.29) is 12.1 Å². The molecule has 156 valence electrons. The molecular formula is C21H24N6O3. The van der Waals surface area contributed by atoms with Gasteiger partial charge in [-0.15, -0.1) is 0 Å². The molecule has 9 heteroatoms. The summed E-state index contributed by atoms with van der Waals surface area (Å²) < 4.78 is 12.5. The van der Waals surface area contributed by atoms with Gasteiger partial charge in [-0.3, -0.25) is 0 Å². The Labute approximate surface area is 174 Å². The van der Waals surface area contributed by atoms with Crippen molar-refractivity contribution in [3.8, 4) is 17.5 Å². The third kappa shape index (κ3) is 3.94. The Bertz CT molecular complexity index is 1090. The van der Waals surface area contributed by atoms with Gasteiger partial charge in [0.1, 0.15) is 28.7 Å². The number of aromatic nitrogens is 3. The van der Waals surface area contributed by atoms with Crippen molar-refractivity contribution in [3.05, 3.63) is 36.2 Å². The van der Waals surface area contributed by atoms with Crippen LogP contribution < -0.4 is 5.32 Å². The van der Waals surface area contributed by atoms with E-state index in [9.17, 15) is 10.1 Å². The number of hydrogen-bond acceptors (Lipinski definition) is 7. The van der Waals surface area contributed by atoms with E-state index in [2.05, 4.69) is 21.5 Å². The van der Waals surface area contributed by atoms with Crippen LogP contribution in [0.1, 0.15) is 39.2 Å². The summed E-state index contributed by atoms with van der Waals surface area (Å²) in [5.41, 5.74) is 0.735. The Morgan fingerprint density at radius 3 is 2.97 bits per heavy atom. The van der Waals surface area contributed by atoms with Gasteiger partial charge in [-0.2, -0.15) is 10.4 Å². The van der Waals surface area contributed by atoms with Crippen LogP contribution in [0.2, 0.25) is 0 Å². The monoisotopic (exact) mass is 408 g/mol. The smallest absolute Gasteiger partial charge is 0.410 e. The minimum atomic E-state index is -0.522. The highest BCUT2D eigenvalue weighted by atomic mass is 16.6. The van der Waals surface area contributed by atoms with Crippen molar-refractivity contribution in [3.63, 3.8) is 0 Å². The first kappa shape index (κ1) is 19.8. The SMILES string of the molecule is CC(C)(C)OC(=O)N1CCC[C@H]1CNc1ccn2nc(-c3ccco3)c(C#N)c2n1. The van der Waals surface area contributed by atoms with E-state index < -0.39 is 5.60 Å². The third-order valence-corrected chi connectivity index (χ3v) is 4.88. The van der Waals surface area contributed by atoms with Crippen LogP contribution in [-0.2, 0) is 4.74 Å². The average Bonchev–Trinajstić information content (AvgIpc) is 3.43. The number of carbonyl (C=O) groups is 1. The van der Waals surface area contributed by atoms with Crippen molar-refractivity contribution in [1.82, 2.24) is 19.5 Å². The number of anilines is 1. The highest BCUT2D eigenvalue weighted by Gasteiger charge is 2.32. The molecular weight excluding hydrogens is 384 g/mol. The Hall–Kier alpha value is -3.54. The average molecular weight is 408 g/mol.